The highest BCUT2D eigenvalue weighted by Gasteiger charge is 2.42. The van der Waals surface area contributed by atoms with E-state index >= 15 is 0 Å². The number of anilines is 1. The summed E-state index contributed by atoms with van der Waals surface area (Å²) < 4.78 is 1.70. The predicted molar refractivity (Wildman–Crippen MR) is 133 cm³/mol. The minimum Gasteiger partial charge on any atom is -0.339 e. The second-order valence-electron chi connectivity index (χ2n) is 8.04. The molecular weight excluding hydrogens is 471 g/mol. The second kappa shape index (κ2) is 8.97. The van der Waals surface area contributed by atoms with Crippen LogP contribution in [0, 0.1) is 6.92 Å². The average molecular weight is 491 g/mol. The van der Waals surface area contributed by atoms with Crippen molar-refractivity contribution in [3.05, 3.63) is 111 Å². The molecule has 0 aliphatic carbocycles. The Kier molecular flexibility index (Phi) is 5.86. The molecule has 2 heterocycles. The molecule has 5 rings (SSSR count). The van der Waals surface area contributed by atoms with Gasteiger partial charge in [-0.3, -0.25) is 9.59 Å². The molecule has 4 aromatic rings. The van der Waals surface area contributed by atoms with E-state index in [1.54, 1.807) is 47.1 Å². The molecule has 0 fully saturated rings. The topological polar surface area (TPSA) is 76.0 Å². The molecule has 6 nitrogen and oxygen atoms in total. The summed E-state index contributed by atoms with van der Waals surface area (Å²) >= 11 is 12.8. The number of para-hydroxylation sites is 1. The van der Waals surface area contributed by atoms with Crippen molar-refractivity contribution in [3.63, 3.8) is 0 Å². The molecule has 2 atom stereocenters. The molecule has 8 heteroatoms. The van der Waals surface area contributed by atoms with Gasteiger partial charge in [-0.25, -0.2) is 4.68 Å². The van der Waals surface area contributed by atoms with Gasteiger partial charge < -0.3 is 10.6 Å². The molecule has 0 radical (unpaired) electrons. The van der Waals surface area contributed by atoms with E-state index in [1.165, 1.54) is 0 Å². The van der Waals surface area contributed by atoms with Crippen LogP contribution in [0.1, 0.15) is 33.1 Å². The molecule has 2 N–H and O–H groups in total. The maximum Gasteiger partial charge on any atom is 0.251 e. The molecule has 0 bridgehead atoms. The monoisotopic (exact) mass is 490 g/mol. The third kappa shape index (κ3) is 3.95. The van der Waals surface area contributed by atoms with Gasteiger partial charge in [0.2, 0.25) is 5.91 Å². The van der Waals surface area contributed by atoms with Crippen LogP contribution in [0.15, 0.2) is 78.9 Å². The van der Waals surface area contributed by atoms with Crippen molar-refractivity contribution in [1.82, 2.24) is 15.1 Å². The number of amides is 2. The van der Waals surface area contributed by atoms with E-state index in [2.05, 4.69) is 10.6 Å². The molecular formula is C26H20Cl2N4O2. The van der Waals surface area contributed by atoms with E-state index in [0.717, 1.165) is 11.3 Å². The molecule has 0 spiro atoms. The SMILES string of the molecule is Cc1nn(-c2ccccc2)c2c1C(c1ccc(Cl)cc1Cl)C(NC(=O)c1ccccc1)C(=O)N2. The van der Waals surface area contributed by atoms with Crippen molar-refractivity contribution in [2.75, 3.05) is 5.32 Å². The van der Waals surface area contributed by atoms with Crippen LogP contribution < -0.4 is 10.6 Å². The number of hydrogen-bond donors (Lipinski definition) is 2. The number of nitrogens with one attached hydrogen (secondary N) is 2. The van der Waals surface area contributed by atoms with Crippen LogP contribution in [-0.4, -0.2) is 27.6 Å². The number of fused-ring (bicyclic) bond motifs is 1. The van der Waals surface area contributed by atoms with E-state index in [9.17, 15) is 9.59 Å². The molecule has 0 saturated heterocycles. The van der Waals surface area contributed by atoms with Crippen LogP contribution in [-0.2, 0) is 4.79 Å². The Balaban J connectivity index is 1.66. The lowest BCUT2D eigenvalue weighted by Gasteiger charge is -2.33. The van der Waals surface area contributed by atoms with Crippen LogP contribution in [0.2, 0.25) is 10.0 Å². The minimum atomic E-state index is -0.911. The van der Waals surface area contributed by atoms with Gasteiger partial charge in [-0.2, -0.15) is 5.10 Å². The summed E-state index contributed by atoms with van der Waals surface area (Å²) in [6, 6.07) is 22.5. The fourth-order valence-electron chi connectivity index (χ4n) is 4.35. The Hall–Kier alpha value is -3.61. The Bertz CT molecular complexity index is 1390. The highest BCUT2D eigenvalue weighted by atomic mass is 35.5. The van der Waals surface area contributed by atoms with Gasteiger partial charge in [0.15, 0.2) is 0 Å². The van der Waals surface area contributed by atoms with Crippen LogP contribution >= 0.6 is 23.2 Å². The Labute approximate surface area is 206 Å². The van der Waals surface area contributed by atoms with Crippen LogP contribution in [0.25, 0.3) is 5.69 Å². The minimum absolute atomic E-state index is 0.354. The van der Waals surface area contributed by atoms with Gasteiger partial charge in [-0.1, -0.05) is 65.7 Å². The smallest absolute Gasteiger partial charge is 0.251 e. The van der Waals surface area contributed by atoms with Crippen molar-refractivity contribution in [2.45, 2.75) is 18.9 Å². The fourth-order valence-corrected chi connectivity index (χ4v) is 4.88. The molecule has 2 unspecified atom stereocenters. The molecule has 1 aromatic heterocycles. The van der Waals surface area contributed by atoms with Crippen LogP contribution in [0.5, 0.6) is 0 Å². The lowest BCUT2D eigenvalue weighted by Crippen LogP contribution is -2.50. The van der Waals surface area contributed by atoms with Crippen molar-refractivity contribution in [1.29, 1.82) is 0 Å². The predicted octanol–water partition coefficient (Wildman–Crippen LogP) is 5.37. The zero-order valence-corrected chi connectivity index (χ0v) is 19.6. The lowest BCUT2D eigenvalue weighted by molar-refractivity contribution is -0.118. The van der Waals surface area contributed by atoms with Crippen LogP contribution in [0.3, 0.4) is 0 Å². The van der Waals surface area contributed by atoms with Crippen molar-refractivity contribution < 1.29 is 9.59 Å². The quantitative estimate of drug-likeness (QED) is 0.403. The molecule has 170 valence electrons. The Morgan fingerprint density at radius 1 is 1.00 bits per heavy atom. The summed E-state index contributed by atoms with van der Waals surface area (Å²) in [4.78, 5) is 26.5. The first-order chi connectivity index (χ1) is 16.4. The van der Waals surface area contributed by atoms with Crippen molar-refractivity contribution in [3.8, 4) is 5.69 Å². The number of aryl methyl sites for hydroxylation is 1. The maximum absolute atomic E-state index is 13.4. The largest absolute Gasteiger partial charge is 0.339 e. The van der Waals surface area contributed by atoms with E-state index in [1.807, 2.05) is 43.3 Å². The van der Waals surface area contributed by atoms with Gasteiger partial charge in [-0.05, 0) is 48.9 Å². The lowest BCUT2D eigenvalue weighted by atomic mass is 9.81. The van der Waals surface area contributed by atoms with E-state index in [0.29, 0.717) is 32.7 Å². The molecule has 3 aromatic carbocycles. The van der Waals surface area contributed by atoms with Crippen molar-refractivity contribution in [2.24, 2.45) is 0 Å². The van der Waals surface area contributed by atoms with E-state index in [4.69, 9.17) is 28.3 Å². The zero-order valence-electron chi connectivity index (χ0n) is 18.1. The third-order valence-corrected chi connectivity index (χ3v) is 6.46. The summed E-state index contributed by atoms with van der Waals surface area (Å²) in [5.74, 6) is -0.731. The van der Waals surface area contributed by atoms with Crippen molar-refractivity contribution >= 4 is 40.8 Å². The number of nitrogens with zero attached hydrogens (tertiary/aromatic N) is 2. The third-order valence-electron chi connectivity index (χ3n) is 5.90. The first-order valence-electron chi connectivity index (χ1n) is 10.7. The van der Waals surface area contributed by atoms with E-state index in [-0.39, 0.29) is 11.8 Å². The van der Waals surface area contributed by atoms with Gasteiger partial charge in [0.1, 0.15) is 11.9 Å². The highest BCUT2D eigenvalue weighted by molar-refractivity contribution is 6.35. The summed E-state index contributed by atoms with van der Waals surface area (Å²) in [7, 11) is 0. The fraction of sp³-hybridized carbons (Fsp3) is 0.115. The molecule has 2 amide bonds. The van der Waals surface area contributed by atoms with Gasteiger partial charge in [-0.15, -0.1) is 0 Å². The normalized spacial score (nSPS) is 17.1. The average Bonchev–Trinajstić information content (AvgIpc) is 3.17. The number of aromatic nitrogens is 2. The number of benzene rings is 3. The Morgan fingerprint density at radius 3 is 2.35 bits per heavy atom. The summed E-state index contributed by atoms with van der Waals surface area (Å²) in [5.41, 5.74) is 3.44. The summed E-state index contributed by atoms with van der Waals surface area (Å²) in [6.45, 7) is 1.88. The highest BCUT2D eigenvalue weighted by Crippen LogP contribution is 2.43. The molecule has 34 heavy (non-hydrogen) atoms. The molecule has 1 aliphatic rings. The molecule has 1 aliphatic heterocycles. The zero-order chi connectivity index (χ0) is 23.8. The number of carbonyl (C=O) groups is 2. The second-order valence-corrected chi connectivity index (χ2v) is 8.89. The summed E-state index contributed by atoms with van der Waals surface area (Å²) in [6.07, 6.45) is 0. The van der Waals surface area contributed by atoms with Gasteiger partial charge in [0.25, 0.3) is 5.91 Å². The molecule has 0 saturated carbocycles. The maximum atomic E-state index is 13.4. The number of carbonyl (C=O) groups excluding carboxylic acids is 2. The first kappa shape index (κ1) is 22.2. The number of halogens is 2. The van der Waals surface area contributed by atoms with Gasteiger partial charge in [0.05, 0.1) is 11.4 Å². The number of rotatable bonds is 4. The van der Waals surface area contributed by atoms with Crippen LogP contribution in [0.4, 0.5) is 5.82 Å². The van der Waals surface area contributed by atoms with Gasteiger partial charge in [0, 0.05) is 27.1 Å². The standard InChI is InChI=1S/C26H20Cl2N4O2/c1-15-21-22(19-13-12-17(27)14-20(19)28)23(29-25(33)16-8-4-2-5-9-16)26(34)30-24(21)32(31-15)18-10-6-3-7-11-18/h2-14,22-23H,1H3,(H,29,33)(H,30,34). The Morgan fingerprint density at radius 2 is 1.68 bits per heavy atom. The van der Waals surface area contributed by atoms with Gasteiger partial charge >= 0.3 is 0 Å². The summed E-state index contributed by atoms with van der Waals surface area (Å²) in [5, 5.41) is 11.5. The first-order valence-corrected chi connectivity index (χ1v) is 11.5. The van der Waals surface area contributed by atoms with E-state index < -0.39 is 12.0 Å². The number of hydrogen-bond acceptors (Lipinski definition) is 3.